The molecule has 0 saturated carbocycles. The van der Waals surface area contributed by atoms with Crippen LogP contribution in [0, 0.1) is 3.57 Å². The molecular formula is C16H16BrClIN. The summed E-state index contributed by atoms with van der Waals surface area (Å²) in [5, 5.41) is 4.39. The quantitative estimate of drug-likeness (QED) is 0.552. The molecule has 0 aliphatic rings. The molecule has 0 aliphatic carbocycles. The Hall–Kier alpha value is -0.100. The first-order valence-electron chi connectivity index (χ1n) is 6.55. The fourth-order valence-electron chi connectivity index (χ4n) is 2.12. The highest BCUT2D eigenvalue weighted by Crippen LogP contribution is 2.30. The van der Waals surface area contributed by atoms with E-state index >= 15 is 0 Å². The predicted octanol–water partition coefficient (Wildman–Crippen LogP) is 5.80. The van der Waals surface area contributed by atoms with Gasteiger partial charge >= 0.3 is 0 Å². The van der Waals surface area contributed by atoms with Gasteiger partial charge in [0.15, 0.2) is 0 Å². The molecule has 4 heteroatoms. The van der Waals surface area contributed by atoms with Gasteiger partial charge in [0.1, 0.15) is 0 Å². The zero-order valence-electron chi connectivity index (χ0n) is 11.2. The van der Waals surface area contributed by atoms with Crippen LogP contribution in [0.2, 0.25) is 5.02 Å². The van der Waals surface area contributed by atoms with Gasteiger partial charge < -0.3 is 5.32 Å². The molecule has 0 heterocycles. The molecule has 0 amide bonds. The zero-order chi connectivity index (χ0) is 14.5. The normalized spacial score (nSPS) is 12.4. The van der Waals surface area contributed by atoms with E-state index in [2.05, 4.69) is 75.0 Å². The van der Waals surface area contributed by atoms with Crippen LogP contribution >= 0.6 is 50.1 Å². The number of hydrogen-bond donors (Lipinski definition) is 1. The molecule has 20 heavy (non-hydrogen) atoms. The lowest BCUT2D eigenvalue weighted by Gasteiger charge is -2.21. The second-order valence-electron chi connectivity index (χ2n) is 4.61. The summed E-state index contributed by atoms with van der Waals surface area (Å²) < 4.78 is 2.35. The van der Waals surface area contributed by atoms with E-state index in [1.165, 1.54) is 14.7 Å². The van der Waals surface area contributed by atoms with E-state index in [0.29, 0.717) is 0 Å². The van der Waals surface area contributed by atoms with E-state index in [1.807, 2.05) is 18.2 Å². The molecule has 1 unspecified atom stereocenters. The molecule has 1 atom stereocenters. The van der Waals surface area contributed by atoms with Gasteiger partial charge in [-0.15, -0.1) is 0 Å². The number of rotatable bonds is 5. The van der Waals surface area contributed by atoms with Crippen molar-refractivity contribution in [1.82, 2.24) is 5.32 Å². The zero-order valence-corrected chi connectivity index (χ0v) is 15.7. The SMILES string of the molecule is CCCNC(c1cccc(Cl)c1)c1cc(Br)ccc1I. The van der Waals surface area contributed by atoms with Crippen LogP contribution in [0.1, 0.15) is 30.5 Å². The third-order valence-corrected chi connectivity index (χ3v) is 4.76. The summed E-state index contributed by atoms with van der Waals surface area (Å²) in [5.74, 6) is 0. The number of benzene rings is 2. The Balaban J connectivity index is 2.44. The fraction of sp³-hybridized carbons (Fsp3) is 0.250. The molecule has 0 radical (unpaired) electrons. The maximum absolute atomic E-state index is 6.14. The smallest absolute Gasteiger partial charge is 0.0588 e. The van der Waals surface area contributed by atoms with Crippen molar-refractivity contribution in [3.63, 3.8) is 0 Å². The highest BCUT2D eigenvalue weighted by molar-refractivity contribution is 14.1. The first kappa shape index (κ1) is 16.3. The third-order valence-electron chi connectivity index (χ3n) is 3.05. The van der Waals surface area contributed by atoms with Gasteiger partial charge in [0.2, 0.25) is 0 Å². The Bertz CT molecular complexity index is 588. The van der Waals surface area contributed by atoms with Gasteiger partial charge in [-0.1, -0.05) is 46.6 Å². The van der Waals surface area contributed by atoms with Crippen molar-refractivity contribution in [2.24, 2.45) is 0 Å². The Kier molecular flexibility index (Phi) is 6.33. The Labute approximate surface area is 147 Å². The van der Waals surface area contributed by atoms with Gasteiger partial charge in [-0.05, 0) is 77.0 Å². The van der Waals surface area contributed by atoms with Crippen LogP contribution in [0.25, 0.3) is 0 Å². The maximum Gasteiger partial charge on any atom is 0.0588 e. The highest BCUT2D eigenvalue weighted by Gasteiger charge is 2.16. The largest absolute Gasteiger partial charge is 0.306 e. The monoisotopic (exact) mass is 463 g/mol. The number of nitrogens with one attached hydrogen (secondary N) is 1. The topological polar surface area (TPSA) is 12.0 Å². The van der Waals surface area contributed by atoms with Crippen LogP contribution in [-0.2, 0) is 0 Å². The summed E-state index contributed by atoms with van der Waals surface area (Å²) in [6.45, 7) is 3.15. The van der Waals surface area contributed by atoms with Crippen molar-refractivity contribution < 1.29 is 0 Å². The van der Waals surface area contributed by atoms with Crippen molar-refractivity contribution in [1.29, 1.82) is 0 Å². The van der Waals surface area contributed by atoms with E-state index in [9.17, 15) is 0 Å². The fourth-order valence-corrected chi connectivity index (χ4v) is 3.34. The molecule has 0 aromatic heterocycles. The molecule has 0 bridgehead atoms. The van der Waals surface area contributed by atoms with Gasteiger partial charge in [-0.25, -0.2) is 0 Å². The average molecular weight is 465 g/mol. The highest BCUT2D eigenvalue weighted by atomic mass is 127. The predicted molar refractivity (Wildman–Crippen MR) is 98.4 cm³/mol. The summed E-state index contributed by atoms with van der Waals surface area (Å²) in [5.41, 5.74) is 2.47. The lowest BCUT2D eigenvalue weighted by atomic mass is 9.98. The molecule has 1 nitrogen and oxygen atoms in total. The van der Waals surface area contributed by atoms with E-state index in [-0.39, 0.29) is 6.04 Å². The van der Waals surface area contributed by atoms with Crippen molar-refractivity contribution in [3.8, 4) is 0 Å². The summed E-state index contributed by atoms with van der Waals surface area (Å²) in [7, 11) is 0. The molecule has 2 aromatic rings. The van der Waals surface area contributed by atoms with Crippen molar-refractivity contribution in [3.05, 3.63) is 66.7 Å². The molecule has 0 spiro atoms. The van der Waals surface area contributed by atoms with Crippen LogP contribution in [0.5, 0.6) is 0 Å². The van der Waals surface area contributed by atoms with Crippen LogP contribution in [0.3, 0.4) is 0 Å². The molecule has 0 saturated heterocycles. The Morgan fingerprint density at radius 2 is 2.05 bits per heavy atom. The minimum atomic E-state index is 0.165. The number of halogens is 3. The molecule has 106 valence electrons. The van der Waals surface area contributed by atoms with Crippen molar-refractivity contribution in [2.45, 2.75) is 19.4 Å². The summed E-state index contributed by atoms with van der Waals surface area (Å²) in [6, 6.07) is 14.6. The molecule has 0 aliphatic heterocycles. The van der Waals surface area contributed by atoms with Gasteiger partial charge in [-0.2, -0.15) is 0 Å². The minimum Gasteiger partial charge on any atom is -0.306 e. The first-order valence-corrected chi connectivity index (χ1v) is 8.80. The van der Waals surface area contributed by atoms with Gasteiger partial charge in [0.25, 0.3) is 0 Å². The van der Waals surface area contributed by atoms with Gasteiger partial charge in [0.05, 0.1) is 6.04 Å². The second kappa shape index (κ2) is 7.78. The summed E-state index contributed by atoms with van der Waals surface area (Å²) >= 11 is 12.1. The Morgan fingerprint density at radius 1 is 1.25 bits per heavy atom. The van der Waals surface area contributed by atoms with Crippen molar-refractivity contribution in [2.75, 3.05) is 6.54 Å². The molecule has 1 N–H and O–H groups in total. The first-order chi connectivity index (χ1) is 9.61. The van der Waals surface area contributed by atoms with E-state index in [1.54, 1.807) is 0 Å². The van der Waals surface area contributed by atoms with Crippen LogP contribution in [0.15, 0.2) is 46.9 Å². The lowest BCUT2D eigenvalue weighted by molar-refractivity contribution is 0.596. The third kappa shape index (κ3) is 4.20. The molecular weight excluding hydrogens is 448 g/mol. The molecule has 2 rings (SSSR count). The minimum absolute atomic E-state index is 0.165. The number of hydrogen-bond acceptors (Lipinski definition) is 1. The summed E-state index contributed by atoms with van der Waals surface area (Å²) in [6.07, 6.45) is 1.10. The van der Waals surface area contributed by atoms with Crippen LogP contribution < -0.4 is 5.32 Å². The Morgan fingerprint density at radius 3 is 2.75 bits per heavy atom. The maximum atomic E-state index is 6.14. The standard InChI is InChI=1S/C16H16BrClIN/c1-2-8-20-16(11-4-3-5-13(18)9-11)14-10-12(17)6-7-15(14)19/h3-7,9-10,16,20H,2,8H2,1H3. The lowest BCUT2D eigenvalue weighted by Crippen LogP contribution is -2.24. The average Bonchev–Trinajstić information content (AvgIpc) is 2.43. The van der Waals surface area contributed by atoms with E-state index in [0.717, 1.165) is 22.5 Å². The van der Waals surface area contributed by atoms with Crippen LogP contribution in [0.4, 0.5) is 0 Å². The second-order valence-corrected chi connectivity index (χ2v) is 7.12. The molecule has 2 aromatic carbocycles. The summed E-state index contributed by atoms with van der Waals surface area (Å²) in [4.78, 5) is 0. The van der Waals surface area contributed by atoms with E-state index in [4.69, 9.17) is 11.6 Å². The molecule has 0 fully saturated rings. The van der Waals surface area contributed by atoms with Crippen molar-refractivity contribution >= 4 is 50.1 Å². The van der Waals surface area contributed by atoms with Gasteiger partial charge in [0, 0.05) is 13.1 Å². The van der Waals surface area contributed by atoms with Gasteiger partial charge in [-0.3, -0.25) is 0 Å². The van der Waals surface area contributed by atoms with E-state index < -0.39 is 0 Å². The van der Waals surface area contributed by atoms with Crippen LogP contribution in [-0.4, -0.2) is 6.54 Å².